The van der Waals surface area contributed by atoms with E-state index in [1.54, 1.807) is 5.48 Å². The SMILES string of the molecule is O=C(NO)C(c1ccccc1)c1ccc(-c2cccc(CO)c2)cc1. The Hall–Kier alpha value is -2.95. The van der Waals surface area contributed by atoms with Crippen molar-refractivity contribution in [1.82, 2.24) is 5.48 Å². The Balaban J connectivity index is 1.95. The number of benzene rings is 3. The molecule has 4 heteroatoms. The fraction of sp³-hybridized carbons (Fsp3) is 0.0952. The van der Waals surface area contributed by atoms with E-state index in [2.05, 4.69) is 0 Å². The van der Waals surface area contributed by atoms with Crippen molar-refractivity contribution in [3.63, 3.8) is 0 Å². The summed E-state index contributed by atoms with van der Waals surface area (Å²) in [6.45, 7) is -0.00131. The van der Waals surface area contributed by atoms with E-state index in [9.17, 15) is 9.90 Å². The van der Waals surface area contributed by atoms with Gasteiger partial charge in [-0.3, -0.25) is 10.0 Å². The zero-order valence-electron chi connectivity index (χ0n) is 13.6. The molecule has 0 aromatic heterocycles. The van der Waals surface area contributed by atoms with Crippen molar-refractivity contribution in [2.24, 2.45) is 0 Å². The van der Waals surface area contributed by atoms with E-state index >= 15 is 0 Å². The minimum atomic E-state index is -0.580. The third kappa shape index (κ3) is 3.76. The molecular formula is C21H19NO3. The van der Waals surface area contributed by atoms with Gasteiger partial charge in [0.1, 0.15) is 0 Å². The summed E-state index contributed by atoms with van der Waals surface area (Å²) in [7, 11) is 0. The fourth-order valence-electron chi connectivity index (χ4n) is 2.92. The number of hydrogen-bond donors (Lipinski definition) is 3. The van der Waals surface area contributed by atoms with Gasteiger partial charge in [-0.2, -0.15) is 0 Å². The summed E-state index contributed by atoms with van der Waals surface area (Å²) in [5.41, 5.74) is 6.20. The van der Waals surface area contributed by atoms with E-state index in [0.717, 1.165) is 27.8 Å². The molecule has 3 aromatic rings. The quantitative estimate of drug-likeness (QED) is 0.494. The van der Waals surface area contributed by atoms with Gasteiger partial charge in [-0.25, -0.2) is 5.48 Å². The second-order valence-electron chi connectivity index (χ2n) is 5.80. The average Bonchev–Trinajstić information content (AvgIpc) is 2.69. The maximum atomic E-state index is 12.2. The van der Waals surface area contributed by atoms with Crippen LogP contribution in [0.4, 0.5) is 0 Å². The molecule has 126 valence electrons. The van der Waals surface area contributed by atoms with Gasteiger partial charge in [0.2, 0.25) is 0 Å². The van der Waals surface area contributed by atoms with Crippen molar-refractivity contribution in [3.8, 4) is 11.1 Å². The first-order chi connectivity index (χ1) is 12.2. The number of amides is 1. The van der Waals surface area contributed by atoms with Crippen molar-refractivity contribution in [1.29, 1.82) is 0 Å². The molecule has 3 aromatic carbocycles. The molecule has 0 spiro atoms. The lowest BCUT2D eigenvalue weighted by Crippen LogP contribution is -2.27. The Morgan fingerprint density at radius 1 is 0.840 bits per heavy atom. The molecule has 1 unspecified atom stereocenters. The highest BCUT2D eigenvalue weighted by Crippen LogP contribution is 2.28. The molecule has 0 aliphatic carbocycles. The van der Waals surface area contributed by atoms with E-state index < -0.39 is 11.8 Å². The van der Waals surface area contributed by atoms with Crippen LogP contribution in [-0.2, 0) is 11.4 Å². The van der Waals surface area contributed by atoms with Crippen LogP contribution in [0.1, 0.15) is 22.6 Å². The minimum absolute atomic E-state index is 0.00131. The molecule has 0 fully saturated rings. The molecule has 3 rings (SSSR count). The zero-order chi connectivity index (χ0) is 17.6. The average molecular weight is 333 g/mol. The predicted molar refractivity (Wildman–Crippen MR) is 96.0 cm³/mol. The summed E-state index contributed by atoms with van der Waals surface area (Å²) in [5.74, 6) is -1.05. The van der Waals surface area contributed by atoms with Crippen molar-refractivity contribution in [2.45, 2.75) is 12.5 Å². The van der Waals surface area contributed by atoms with Crippen LogP contribution < -0.4 is 5.48 Å². The van der Waals surface area contributed by atoms with E-state index in [4.69, 9.17) is 5.21 Å². The maximum Gasteiger partial charge on any atom is 0.255 e. The van der Waals surface area contributed by atoms with Crippen molar-refractivity contribution >= 4 is 5.91 Å². The number of rotatable bonds is 5. The standard InChI is InChI=1S/C21H19NO3/c23-14-15-5-4-8-19(13-15)16-9-11-18(12-10-16)20(21(24)22-25)17-6-2-1-3-7-17/h1-13,20,23,25H,14H2,(H,22,24). The van der Waals surface area contributed by atoms with Crippen molar-refractivity contribution in [2.75, 3.05) is 0 Å². The van der Waals surface area contributed by atoms with E-state index in [-0.39, 0.29) is 6.61 Å². The molecule has 3 N–H and O–H groups in total. The maximum absolute atomic E-state index is 12.2. The number of nitrogens with one attached hydrogen (secondary N) is 1. The second-order valence-corrected chi connectivity index (χ2v) is 5.80. The summed E-state index contributed by atoms with van der Waals surface area (Å²) in [5, 5.41) is 18.4. The van der Waals surface area contributed by atoms with Gasteiger partial charge in [-0.15, -0.1) is 0 Å². The Morgan fingerprint density at radius 2 is 1.52 bits per heavy atom. The molecule has 0 aliphatic rings. The number of carbonyl (C=O) groups excluding carboxylic acids is 1. The van der Waals surface area contributed by atoms with E-state index in [1.165, 1.54) is 0 Å². The van der Waals surface area contributed by atoms with E-state index in [1.807, 2.05) is 78.9 Å². The van der Waals surface area contributed by atoms with Gasteiger partial charge < -0.3 is 5.11 Å². The normalized spacial score (nSPS) is 11.8. The smallest absolute Gasteiger partial charge is 0.255 e. The minimum Gasteiger partial charge on any atom is -0.392 e. The molecule has 0 aliphatic heterocycles. The summed E-state index contributed by atoms with van der Waals surface area (Å²) >= 11 is 0. The fourth-order valence-corrected chi connectivity index (χ4v) is 2.92. The summed E-state index contributed by atoms with van der Waals surface area (Å²) in [6, 6.07) is 24.7. The monoisotopic (exact) mass is 333 g/mol. The molecule has 0 heterocycles. The van der Waals surface area contributed by atoms with Crippen LogP contribution in [0.2, 0.25) is 0 Å². The van der Waals surface area contributed by atoms with Gasteiger partial charge in [0, 0.05) is 0 Å². The topological polar surface area (TPSA) is 69.6 Å². The molecule has 0 saturated carbocycles. The Labute approximate surface area is 146 Å². The highest BCUT2D eigenvalue weighted by Gasteiger charge is 2.22. The summed E-state index contributed by atoms with van der Waals surface area (Å²) < 4.78 is 0. The van der Waals surface area contributed by atoms with Crippen LogP contribution in [0.25, 0.3) is 11.1 Å². The molecular weight excluding hydrogens is 314 g/mol. The van der Waals surface area contributed by atoms with Crippen LogP contribution in [0.5, 0.6) is 0 Å². The second kappa shape index (κ2) is 7.75. The van der Waals surface area contributed by atoms with Gasteiger partial charge in [-0.1, -0.05) is 72.8 Å². The van der Waals surface area contributed by atoms with Gasteiger partial charge in [0.15, 0.2) is 0 Å². The number of hydrogen-bond acceptors (Lipinski definition) is 3. The lowest BCUT2D eigenvalue weighted by Gasteiger charge is -2.16. The van der Waals surface area contributed by atoms with Gasteiger partial charge in [0.25, 0.3) is 5.91 Å². The molecule has 0 bridgehead atoms. The number of hydroxylamine groups is 1. The highest BCUT2D eigenvalue weighted by atomic mass is 16.5. The zero-order valence-corrected chi connectivity index (χ0v) is 13.6. The van der Waals surface area contributed by atoms with Gasteiger partial charge in [-0.05, 0) is 33.9 Å². The molecule has 0 saturated heterocycles. The summed E-state index contributed by atoms with van der Waals surface area (Å²) in [4.78, 5) is 12.2. The lowest BCUT2D eigenvalue weighted by atomic mass is 9.89. The molecule has 1 amide bonds. The third-order valence-corrected chi connectivity index (χ3v) is 4.19. The number of aliphatic hydroxyl groups is 1. The van der Waals surface area contributed by atoms with Crippen LogP contribution in [0, 0.1) is 0 Å². The molecule has 4 nitrogen and oxygen atoms in total. The Morgan fingerprint density at radius 3 is 2.16 bits per heavy atom. The van der Waals surface area contributed by atoms with E-state index in [0.29, 0.717) is 0 Å². The molecule has 1 atom stereocenters. The summed E-state index contributed by atoms with van der Waals surface area (Å²) in [6.07, 6.45) is 0. The Kier molecular flexibility index (Phi) is 5.23. The molecule has 0 radical (unpaired) electrons. The van der Waals surface area contributed by atoms with Crippen LogP contribution in [0.3, 0.4) is 0 Å². The largest absolute Gasteiger partial charge is 0.392 e. The first kappa shape index (κ1) is 16.9. The Bertz CT molecular complexity index is 845. The highest BCUT2D eigenvalue weighted by molar-refractivity contribution is 5.86. The van der Waals surface area contributed by atoms with Crippen LogP contribution >= 0.6 is 0 Å². The first-order valence-corrected chi connectivity index (χ1v) is 8.02. The van der Waals surface area contributed by atoms with Gasteiger partial charge in [0.05, 0.1) is 12.5 Å². The number of aliphatic hydroxyl groups excluding tert-OH is 1. The van der Waals surface area contributed by atoms with Crippen LogP contribution in [-0.4, -0.2) is 16.2 Å². The third-order valence-electron chi connectivity index (χ3n) is 4.19. The predicted octanol–water partition coefficient (Wildman–Crippen LogP) is 3.48. The lowest BCUT2D eigenvalue weighted by molar-refractivity contribution is -0.129. The number of carbonyl (C=O) groups is 1. The van der Waals surface area contributed by atoms with Crippen molar-refractivity contribution < 1.29 is 15.1 Å². The van der Waals surface area contributed by atoms with Crippen LogP contribution in [0.15, 0.2) is 78.9 Å². The van der Waals surface area contributed by atoms with Crippen molar-refractivity contribution in [3.05, 3.63) is 95.6 Å². The van der Waals surface area contributed by atoms with Gasteiger partial charge >= 0.3 is 0 Å². The molecule has 25 heavy (non-hydrogen) atoms. The first-order valence-electron chi connectivity index (χ1n) is 8.02.